The van der Waals surface area contributed by atoms with Crippen molar-refractivity contribution in [2.75, 3.05) is 6.54 Å². The van der Waals surface area contributed by atoms with E-state index in [4.69, 9.17) is 5.11 Å². The second-order valence-corrected chi connectivity index (χ2v) is 5.37. The Balaban J connectivity index is 3.79. The van der Waals surface area contributed by atoms with Crippen LogP contribution in [0, 0.1) is 5.92 Å². The van der Waals surface area contributed by atoms with Crippen molar-refractivity contribution < 1.29 is 23.2 Å². The minimum Gasteiger partial charge on any atom is -0.746 e. The van der Waals surface area contributed by atoms with E-state index in [1.807, 2.05) is 13.8 Å². The lowest BCUT2D eigenvalue weighted by atomic mass is 10.1. The van der Waals surface area contributed by atoms with Crippen LogP contribution in [0.25, 0.3) is 0 Å². The predicted octanol–water partition coefficient (Wildman–Crippen LogP) is -0.806. The average molecular weight is 240 g/mol. The summed E-state index contributed by atoms with van der Waals surface area (Å²) < 4.78 is 30.9. The first-order chi connectivity index (χ1) is 6.73. The molecule has 0 aromatic rings. The number of aliphatic hydroxyl groups excluding tert-OH is 2. The third kappa shape index (κ3) is 7.69. The Morgan fingerprint density at radius 1 is 1.33 bits per heavy atom. The van der Waals surface area contributed by atoms with Crippen molar-refractivity contribution in [3.8, 4) is 0 Å². The quantitative estimate of drug-likeness (QED) is 0.397. The summed E-state index contributed by atoms with van der Waals surface area (Å²) in [4.78, 5) is 0. The van der Waals surface area contributed by atoms with E-state index in [9.17, 15) is 18.1 Å². The van der Waals surface area contributed by atoms with Crippen LogP contribution in [0.1, 0.15) is 26.7 Å². The van der Waals surface area contributed by atoms with Gasteiger partial charge in [-0.05, 0) is 18.9 Å². The highest BCUT2D eigenvalue weighted by Gasteiger charge is 2.16. The second-order valence-electron chi connectivity index (χ2n) is 3.84. The molecule has 0 saturated heterocycles. The smallest absolute Gasteiger partial charge is 0.147 e. The van der Waals surface area contributed by atoms with Gasteiger partial charge in [0.05, 0.1) is 0 Å². The summed E-state index contributed by atoms with van der Waals surface area (Å²) in [5.41, 5.74) is -2.06. The van der Waals surface area contributed by atoms with Gasteiger partial charge in [0.1, 0.15) is 21.8 Å². The zero-order valence-corrected chi connectivity index (χ0v) is 9.70. The highest BCUT2D eigenvalue weighted by atomic mass is 32.2. The van der Waals surface area contributed by atoms with Gasteiger partial charge in [0.2, 0.25) is 0 Å². The molecule has 15 heavy (non-hydrogen) atoms. The zero-order valence-electron chi connectivity index (χ0n) is 8.88. The Morgan fingerprint density at radius 3 is 2.27 bits per heavy atom. The molecule has 0 fully saturated rings. The van der Waals surface area contributed by atoms with Crippen molar-refractivity contribution >= 4 is 10.1 Å². The maximum Gasteiger partial charge on any atom is 0.147 e. The number of hydrogen-bond donors (Lipinski definition) is 3. The molecule has 0 aliphatic rings. The van der Waals surface area contributed by atoms with E-state index in [1.165, 1.54) is 0 Å². The molecule has 3 N–H and O–H groups in total. The van der Waals surface area contributed by atoms with Crippen molar-refractivity contribution in [2.45, 2.75) is 38.4 Å². The molecule has 7 heteroatoms. The van der Waals surface area contributed by atoms with E-state index in [1.54, 1.807) is 0 Å². The Bertz CT molecular complexity index is 264. The van der Waals surface area contributed by atoms with Crippen LogP contribution in [-0.4, -0.2) is 41.4 Å². The summed E-state index contributed by atoms with van der Waals surface area (Å²) in [6.45, 7) is 4.51. The first-order valence-corrected chi connectivity index (χ1v) is 6.25. The van der Waals surface area contributed by atoms with Gasteiger partial charge in [-0.15, -0.1) is 0 Å². The van der Waals surface area contributed by atoms with Gasteiger partial charge in [-0.25, -0.2) is 8.42 Å². The summed E-state index contributed by atoms with van der Waals surface area (Å²) in [5.74, 6) is 0.456. The topological polar surface area (TPSA) is 110 Å². The first kappa shape index (κ1) is 14.8. The number of rotatable bonds is 7. The van der Waals surface area contributed by atoms with E-state index in [0.717, 1.165) is 6.42 Å². The van der Waals surface area contributed by atoms with Crippen molar-refractivity contribution in [1.29, 1.82) is 0 Å². The third-order valence-corrected chi connectivity index (χ3v) is 2.72. The van der Waals surface area contributed by atoms with Crippen LogP contribution >= 0.6 is 0 Å². The number of hydrogen-bond acceptors (Lipinski definition) is 6. The molecule has 2 unspecified atom stereocenters. The molecule has 0 rings (SSSR count). The van der Waals surface area contributed by atoms with Crippen LogP contribution in [0.15, 0.2) is 0 Å². The van der Waals surface area contributed by atoms with Gasteiger partial charge in [0.25, 0.3) is 0 Å². The zero-order chi connectivity index (χ0) is 12.1. The number of nitrogens with one attached hydrogen (secondary N) is 1. The second kappa shape index (κ2) is 6.39. The minimum atomic E-state index is -4.73. The van der Waals surface area contributed by atoms with E-state index < -0.39 is 28.2 Å². The molecular weight excluding hydrogens is 222 g/mol. The molecule has 0 heterocycles. The van der Waals surface area contributed by atoms with Gasteiger partial charge < -0.3 is 14.8 Å². The molecule has 0 aromatic carbocycles. The molecule has 92 valence electrons. The molecule has 2 atom stereocenters. The third-order valence-electron chi connectivity index (χ3n) is 1.86. The minimum absolute atomic E-state index is 0.456. The standard InChI is InChI=1S/C8H19NO5S/c1-6(2)3-4-9-7(10)5-8(11)15(12,13)14/h6-11H,3-5H2,1-2H3,(H,12,13,14)/p-1. The molecule has 0 aromatic heterocycles. The van der Waals surface area contributed by atoms with Crippen LogP contribution in [0.3, 0.4) is 0 Å². The van der Waals surface area contributed by atoms with Crippen LogP contribution in [0.2, 0.25) is 0 Å². The summed E-state index contributed by atoms with van der Waals surface area (Å²) >= 11 is 0. The fraction of sp³-hybridized carbons (Fsp3) is 1.00. The molecule has 0 spiro atoms. The van der Waals surface area contributed by atoms with Gasteiger partial charge >= 0.3 is 0 Å². The summed E-state index contributed by atoms with van der Waals surface area (Å²) in [6, 6.07) is 0. The van der Waals surface area contributed by atoms with E-state index >= 15 is 0 Å². The van der Waals surface area contributed by atoms with Crippen LogP contribution in [0.5, 0.6) is 0 Å². The fourth-order valence-corrected chi connectivity index (χ4v) is 1.35. The van der Waals surface area contributed by atoms with E-state index in [-0.39, 0.29) is 0 Å². The SMILES string of the molecule is CC(C)CCNC(O)CC(O)S(=O)(=O)[O-]. The maximum absolute atomic E-state index is 10.3. The van der Waals surface area contributed by atoms with Gasteiger partial charge in [0.15, 0.2) is 0 Å². The summed E-state index contributed by atoms with van der Waals surface area (Å²) in [5, 5.41) is 20.7. The van der Waals surface area contributed by atoms with Gasteiger partial charge in [0, 0.05) is 6.42 Å². The monoisotopic (exact) mass is 240 g/mol. The normalized spacial score (nSPS) is 16.7. The molecule has 0 aliphatic carbocycles. The molecule has 0 bridgehead atoms. The molecule has 0 radical (unpaired) electrons. The van der Waals surface area contributed by atoms with Crippen LogP contribution in [-0.2, 0) is 10.1 Å². The van der Waals surface area contributed by atoms with Gasteiger partial charge in [-0.1, -0.05) is 13.8 Å². The highest BCUT2D eigenvalue weighted by molar-refractivity contribution is 7.86. The lowest BCUT2D eigenvalue weighted by Gasteiger charge is -2.19. The molecule has 0 saturated carbocycles. The van der Waals surface area contributed by atoms with E-state index in [2.05, 4.69) is 5.32 Å². The molecule has 6 nitrogen and oxygen atoms in total. The molecule has 0 aliphatic heterocycles. The Hall–Kier alpha value is -0.210. The van der Waals surface area contributed by atoms with Crippen molar-refractivity contribution in [1.82, 2.24) is 5.32 Å². The molecule has 0 amide bonds. The molecular formula is C8H18NO5S-. The summed E-state index contributed by atoms with van der Waals surface area (Å²) in [7, 11) is -4.73. The first-order valence-electron chi connectivity index (χ1n) is 4.77. The lowest BCUT2D eigenvalue weighted by Crippen LogP contribution is -2.36. The van der Waals surface area contributed by atoms with Gasteiger partial charge in [-0.3, -0.25) is 5.32 Å². The fourth-order valence-electron chi connectivity index (χ4n) is 0.931. The Morgan fingerprint density at radius 2 is 1.87 bits per heavy atom. The van der Waals surface area contributed by atoms with Crippen molar-refractivity contribution in [2.24, 2.45) is 5.92 Å². The summed E-state index contributed by atoms with van der Waals surface area (Å²) in [6.07, 6.45) is -0.872. The van der Waals surface area contributed by atoms with E-state index in [0.29, 0.717) is 12.5 Å². The van der Waals surface area contributed by atoms with Gasteiger partial charge in [-0.2, -0.15) is 0 Å². The largest absolute Gasteiger partial charge is 0.746 e. The maximum atomic E-state index is 10.3. The van der Waals surface area contributed by atoms with Crippen LogP contribution < -0.4 is 5.32 Å². The lowest BCUT2D eigenvalue weighted by molar-refractivity contribution is 0.0851. The van der Waals surface area contributed by atoms with Crippen molar-refractivity contribution in [3.05, 3.63) is 0 Å². The average Bonchev–Trinajstić information content (AvgIpc) is 2.01. The van der Waals surface area contributed by atoms with Crippen molar-refractivity contribution in [3.63, 3.8) is 0 Å². The van der Waals surface area contributed by atoms with Crippen LogP contribution in [0.4, 0.5) is 0 Å². The Labute approximate surface area is 90.1 Å². The Kier molecular flexibility index (Phi) is 6.30. The highest BCUT2D eigenvalue weighted by Crippen LogP contribution is 2.03. The predicted molar refractivity (Wildman–Crippen MR) is 53.8 cm³/mol. The number of aliphatic hydroxyl groups is 2.